The SMILES string of the molecule is O=C(COc1cccc(Cl)c1)NC(CN1CCOCC1)c1ccccc1. The minimum atomic E-state index is -0.160. The lowest BCUT2D eigenvalue weighted by Crippen LogP contribution is -2.44. The van der Waals surface area contributed by atoms with Gasteiger partial charge in [-0.2, -0.15) is 0 Å². The van der Waals surface area contributed by atoms with Crippen LogP contribution < -0.4 is 10.1 Å². The van der Waals surface area contributed by atoms with Crippen LogP contribution in [0, 0.1) is 0 Å². The molecule has 1 fully saturated rings. The second-order valence-corrected chi connectivity index (χ2v) is 6.63. The fraction of sp³-hybridized carbons (Fsp3) is 0.350. The Labute approximate surface area is 158 Å². The molecular weight excluding hydrogens is 352 g/mol. The van der Waals surface area contributed by atoms with Gasteiger partial charge in [-0.05, 0) is 23.8 Å². The molecule has 6 heteroatoms. The Morgan fingerprint density at radius 2 is 1.92 bits per heavy atom. The van der Waals surface area contributed by atoms with Crippen LogP contribution in [0.1, 0.15) is 11.6 Å². The molecule has 0 aromatic heterocycles. The summed E-state index contributed by atoms with van der Waals surface area (Å²) < 4.78 is 11.0. The molecule has 2 aromatic rings. The summed E-state index contributed by atoms with van der Waals surface area (Å²) in [7, 11) is 0. The number of amides is 1. The molecule has 5 nitrogen and oxygen atoms in total. The first-order chi connectivity index (χ1) is 12.7. The molecule has 1 atom stereocenters. The highest BCUT2D eigenvalue weighted by molar-refractivity contribution is 6.30. The first-order valence-electron chi connectivity index (χ1n) is 8.73. The van der Waals surface area contributed by atoms with Crippen LogP contribution >= 0.6 is 11.6 Å². The summed E-state index contributed by atoms with van der Waals surface area (Å²) in [5, 5.41) is 3.67. The summed E-state index contributed by atoms with van der Waals surface area (Å²) in [6.45, 7) is 3.90. The van der Waals surface area contributed by atoms with Gasteiger partial charge in [-0.15, -0.1) is 0 Å². The van der Waals surface area contributed by atoms with Gasteiger partial charge in [-0.25, -0.2) is 0 Å². The Balaban J connectivity index is 1.59. The minimum absolute atomic E-state index is 0.0488. The van der Waals surface area contributed by atoms with Crippen LogP contribution in [0.5, 0.6) is 5.75 Å². The van der Waals surface area contributed by atoms with E-state index < -0.39 is 0 Å². The fourth-order valence-electron chi connectivity index (χ4n) is 2.90. The molecule has 2 aromatic carbocycles. The molecule has 3 rings (SSSR count). The number of rotatable bonds is 7. The zero-order valence-electron chi connectivity index (χ0n) is 14.6. The fourth-order valence-corrected chi connectivity index (χ4v) is 3.08. The molecule has 26 heavy (non-hydrogen) atoms. The quantitative estimate of drug-likeness (QED) is 0.809. The average molecular weight is 375 g/mol. The highest BCUT2D eigenvalue weighted by atomic mass is 35.5. The monoisotopic (exact) mass is 374 g/mol. The summed E-state index contributed by atoms with van der Waals surface area (Å²) in [6.07, 6.45) is 0. The van der Waals surface area contributed by atoms with Crippen molar-refractivity contribution in [3.05, 3.63) is 65.2 Å². The van der Waals surface area contributed by atoms with Crippen LogP contribution in [0.25, 0.3) is 0 Å². The summed E-state index contributed by atoms with van der Waals surface area (Å²) in [5.74, 6) is 0.421. The summed E-state index contributed by atoms with van der Waals surface area (Å²) in [5.41, 5.74) is 1.08. The van der Waals surface area contributed by atoms with Gasteiger partial charge in [0.25, 0.3) is 5.91 Å². The van der Waals surface area contributed by atoms with Crippen molar-refractivity contribution in [1.82, 2.24) is 10.2 Å². The lowest BCUT2D eigenvalue weighted by Gasteiger charge is -2.31. The van der Waals surface area contributed by atoms with Crippen LogP contribution in [0.15, 0.2) is 54.6 Å². The van der Waals surface area contributed by atoms with Crippen molar-refractivity contribution in [3.8, 4) is 5.75 Å². The Bertz CT molecular complexity index is 705. The molecule has 0 saturated carbocycles. The minimum Gasteiger partial charge on any atom is -0.484 e. The van der Waals surface area contributed by atoms with E-state index in [1.165, 1.54) is 0 Å². The summed E-state index contributed by atoms with van der Waals surface area (Å²) in [4.78, 5) is 14.7. The van der Waals surface area contributed by atoms with E-state index in [9.17, 15) is 4.79 Å². The van der Waals surface area contributed by atoms with E-state index in [0.717, 1.165) is 38.4 Å². The van der Waals surface area contributed by atoms with E-state index in [2.05, 4.69) is 10.2 Å². The number of nitrogens with zero attached hydrogens (tertiary/aromatic N) is 1. The topological polar surface area (TPSA) is 50.8 Å². The predicted molar refractivity (Wildman–Crippen MR) is 102 cm³/mol. The molecule has 1 heterocycles. The van der Waals surface area contributed by atoms with Gasteiger partial charge < -0.3 is 14.8 Å². The largest absolute Gasteiger partial charge is 0.484 e. The van der Waals surface area contributed by atoms with Crippen molar-refractivity contribution in [2.75, 3.05) is 39.5 Å². The number of hydrogen-bond donors (Lipinski definition) is 1. The molecule has 1 aliphatic heterocycles. The van der Waals surface area contributed by atoms with Gasteiger partial charge in [0.15, 0.2) is 6.61 Å². The highest BCUT2D eigenvalue weighted by Gasteiger charge is 2.20. The van der Waals surface area contributed by atoms with Crippen molar-refractivity contribution in [2.24, 2.45) is 0 Å². The second-order valence-electron chi connectivity index (χ2n) is 6.19. The first kappa shape index (κ1) is 18.7. The number of ether oxygens (including phenoxy) is 2. The Hall–Kier alpha value is -2.08. The second kappa shape index (κ2) is 9.57. The maximum atomic E-state index is 12.4. The smallest absolute Gasteiger partial charge is 0.258 e. The zero-order valence-corrected chi connectivity index (χ0v) is 15.3. The van der Waals surface area contributed by atoms with E-state index in [4.69, 9.17) is 21.1 Å². The average Bonchev–Trinajstić information content (AvgIpc) is 2.67. The number of morpholine rings is 1. The number of halogens is 1. The molecule has 138 valence electrons. The lowest BCUT2D eigenvalue weighted by molar-refractivity contribution is -0.124. The van der Waals surface area contributed by atoms with Crippen LogP contribution in [0.3, 0.4) is 0 Å². The van der Waals surface area contributed by atoms with Crippen molar-refractivity contribution in [3.63, 3.8) is 0 Å². The van der Waals surface area contributed by atoms with Gasteiger partial charge >= 0.3 is 0 Å². The normalized spacial score (nSPS) is 16.0. The lowest BCUT2D eigenvalue weighted by atomic mass is 10.1. The third kappa shape index (κ3) is 5.73. The molecule has 1 saturated heterocycles. The predicted octanol–water partition coefficient (Wildman–Crippen LogP) is 2.91. The molecule has 1 amide bonds. The van der Waals surface area contributed by atoms with Crippen LogP contribution in [0.2, 0.25) is 5.02 Å². The van der Waals surface area contributed by atoms with Crippen molar-refractivity contribution < 1.29 is 14.3 Å². The van der Waals surface area contributed by atoms with E-state index in [-0.39, 0.29) is 18.6 Å². The van der Waals surface area contributed by atoms with Crippen molar-refractivity contribution in [2.45, 2.75) is 6.04 Å². The zero-order chi connectivity index (χ0) is 18.2. The van der Waals surface area contributed by atoms with Gasteiger partial charge in [0.1, 0.15) is 5.75 Å². The first-order valence-corrected chi connectivity index (χ1v) is 9.11. The number of nitrogens with one attached hydrogen (secondary N) is 1. The molecule has 0 radical (unpaired) electrons. The van der Waals surface area contributed by atoms with Crippen LogP contribution in [-0.4, -0.2) is 50.3 Å². The molecule has 1 unspecified atom stereocenters. The number of carbonyl (C=O) groups is 1. The van der Waals surface area contributed by atoms with Crippen molar-refractivity contribution in [1.29, 1.82) is 0 Å². The standard InChI is InChI=1S/C20H23ClN2O3/c21-17-7-4-8-18(13-17)26-15-20(24)22-19(16-5-2-1-3-6-16)14-23-9-11-25-12-10-23/h1-8,13,19H,9-12,14-15H2,(H,22,24). The third-order valence-corrected chi connectivity index (χ3v) is 4.48. The van der Waals surface area contributed by atoms with E-state index in [0.29, 0.717) is 10.8 Å². The maximum Gasteiger partial charge on any atom is 0.258 e. The van der Waals surface area contributed by atoms with Crippen molar-refractivity contribution >= 4 is 17.5 Å². The maximum absolute atomic E-state index is 12.4. The van der Waals surface area contributed by atoms with E-state index in [1.807, 2.05) is 30.3 Å². The number of carbonyl (C=O) groups excluding carboxylic acids is 1. The molecule has 0 aliphatic carbocycles. The van der Waals surface area contributed by atoms with E-state index in [1.54, 1.807) is 24.3 Å². The third-order valence-electron chi connectivity index (χ3n) is 4.25. The summed E-state index contributed by atoms with van der Waals surface area (Å²) in [6, 6.07) is 16.9. The Morgan fingerprint density at radius 3 is 2.65 bits per heavy atom. The molecular formula is C20H23ClN2O3. The van der Waals surface area contributed by atoms with E-state index >= 15 is 0 Å². The van der Waals surface area contributed by atoms with Gasteiger partial charge in [-0.3, -0.25) is 9.69 Å². The van der Waals surface area contributed by atoms with Gasteiger partial charge in [0, 0.05) is 24.7 Å². The van der Waals surface area contributed by atoms with Gasteiger partial charge in [0.2, 0.25) is 0 Å². The highest BCUT2D eigenvalue weighted by Crippen LogP contribution is 2.18. The molecule has 0 spiro atoms. The molecule has 0 bridgehead atoms. The Kier molecular flexibility index (Phi) is 6.89. The molecule has 1 N–H and O–H groups in total. The Morgan fingerprint density at radius 1 is 1.15 bits per heavy atom. The van der Waals surface area contributed by atoms with Crippen LogP contribution in [0.4, 0.5) is 0 Å². The number of hydrogen-bond acceptors (Lipinski definition) is 4. The molecule has 1 aliphatic rings. The van der Waals surface area contributed by atoms with Crippen LogP contribution in [-0.2, 0) is 9.53 Å². The van der Waals surface area contributed by atoms with Gasteiger partial charge in [0.05, 0.1) is 19.3 Å². The number of benzene rings is 2. The van der Waals surface area contributed by atoms with Gasteiger partial charge in [-0.1, -0.05) is 48.0 Å². The summed E-state index contributed by atoms with van der Waals surface area (Å²) >= 11 is 5.94.